The molecular weight excluding hydrogens is 298 g/mol. The molecule has 0 aromatic heterocycles. The van der Waals surface area contributed by atoms with Crippen molar-refractivity contribution in [3.8, 4) is 5.75 Å². The van der Waals surface area contributed by atoms with E-state index >= 15 is 0 Å². The van der Waals surface area contributed by atoms with Gasteiger partial charge in [0.25, 0.3) is 0 Å². The van der Waals surface area contributed by atoms with Crippen LogP contribution in [-0.4, -0.2) is 35.4 Å². The molecule has 1 saturated heterocycles. The molecular formula is C17H19NO3S. The van der Waals surface area contributed by atoms with Crippen molar-refractivity contribution >= 4 is 28.5 Å². The average Bonchev–Trinajstić information content (AvgIpc) is 3.03. The lowest BCUT2D eigenvalue weighted by Crippen LogP contribution is -2.38. The van der Waals surface area contributed by atoms with Gasteiger partial charge in [0.2, 0.25) is 0 Å². The van der Waals surface area contributed by atoms with Crippen LogP contribution in [0.5, 0.6) is 5.75 Å². The molecule has 5 heteroatoms. The standard InChI is InChI=1S/C17H19NO3S/c1-10(16-18-15(9-22-16)17(19)20)13-5-3-4-11-8-12(21-2)6-7-14(11)13/h3-8,10,15-16,18H,9H2,1-2H3,(H,19,20)/t10-,15?,16+/m0/s1. The third-order valence-electron chi connectivity index (χ3n) is 4.17. The van der Waals surface area contributed by atoms with E-state index in [-0.39, 0.29) is 11.3 Å². The van der Waals surface area contributed by atoms with Crippen LogP contribution in [0.3, 0.4) is 0 Å². The first-order chi connectivity index (χ1) is 10.6. The van der Waals surface area contributed by atoms with E-state index < -0.39 is 12.0 Å². The zero-order chi connectivity index (χ0) is 15.7. The third kappa shape index (κ3) is 2.78. The van der Waals surface area contributed by atoms with Crippen molar-refractivity contribution in [1.29, 1.82) is 0 Å². The van der Waals surface area contributed by atoms with E-state index in [0.717, 1.165) is 11.1 Å². The average molecular weight is 317 g/mol. The quantitative estimate of drug-likeness (QED) is 0.907. The van der Waals surface area contributed by atoms with Crippen molar-refractivity contribution in [2.45, 2.75) is 24.3 Å². The number of thioether (sulfide) groups is 1. The van der Waals surface area contributed by atoms with Gasteiger partial charge in [0.1, 0.15) is 11.8 Å². The minimum absolute atomic E-state index is 0.119. The van der Waals surface area contributed by atoms with Crippen molar-refractivity contribution < 1.29 is 14.6 Å². The van der Waals surface area contributed by atoms with Gasteiger partial charge in [-0.15, -0.1) is 11.8 Å². The Bertz CT molecular complexity index is 703. The first-order valence-electron chi connectivity index (χ1n) is 7.27. The van der Waals surface area contributed by atoms with Gasteiger partial charge in [-0.2, -0.15) is 0 Å². The lowest BCUT2D eigenvalue weighted by Gasteiger charge is -2.21. The summed E-state index contributed by atoms with van der Waals surface area (Å²) in [5.41, 5.74) is 1.23. The van der Waals surface area contributed by atoms with E-state index in [1.165, 1.54) is 10.9 Å². The Kier molecular flexibility index (Phi) is 4.27. The van der Waals surface area contributed by atoms with Crippen LogP contribution in [0.1, 0.15) is 18.4 Å². The van der Waals surface area contributed by atoms with Crippen LogP contribution in [0.2, 0.25) is 0 Å². The van der Waals surface area contributed by atoms with E-state index in [1.54, 1.807) is 18.9 Å². The molecule has 116 valence electrons. The van der Waals surface area contributed by atoms with Gasteiger partial charge in [0, 0.05) is 11.7 Å². The number of carboxylic acid groups (broad SMARTS) is 1. The topological polar surface area (TPSA) is 58.6 Å². The van der Waals surface area contributed by atoms with Gasteiger partial charge in [-0.05, 0) is 28.5 Å². The molecule has 2 aromatic rings. The summed E-state index contributed by atoms with van der Waals surface area (Å²) in [6, 6.07) is 11.9. The summed E-state index contributed by atoms with van der Waals surface area (Å²) in [4.78, 5) is 11.1. The number of nitrogens with one attached hydrogen (secondary N) is 1. The molecule has 0 aliphatic carbocycles. The summed E-state index contributed by atoms with van der Waals surface area (Å²) in [5, 5.41) is 14.8. The Balaban J connectivity index is 1.91. The molecule has 4 nitrogen and oxygen atoms in total. The highest BCUT2D eigenvalue weighted by Crippen LogP contribution is 2.35. The summed E-state index contributed by atoms with van der Waals surface area (Å²) in [6.07, 6.45) is 0. The second-order valence-electron chi connectivity index (χ2n) is 5.53. The van der Waals surface area contributed by atoms with E-state index in [9.17, 15) is 4.79 Å². The lowest BCUT2D eigenvalue weighted by atomic mass is 9.94. The Hall–Kier alpha value is -1.72. The van der Waals surface area contributed by atoms with E-state index in [4.69, 9.17) is 9.84 Å². The summed E-state index contributed by atoms with van der Waals surface area (Å²) in [6.45, 7) is 2.15. The molecule has 0 radical (unpaired) electrons. The number of rotatable bonds is 4. The molecule has 0 saturated carbocycles. The second kappa shape index (κ2) is 6.18. The molecule has 1 fully saturated rings. The fourth-order valence-corrected chi connectivity index (χ4v) is 4.23. The van der Waals surface area contributed by atoms with E-state index in [0.29, 0.717) is 5.75 Å². The van der Waals surface area contributed by atoms with Crippen LogP contribution >= 0.6 is 11.8 Å². The lowest BCUT2D eigenvalue weighted by molar-refractivity contribution is -0.138. The zero-order valence-corrected chi connectivity index (χ0v) is 13.4. The number of carbonyl (C=O) groups is 1. The van der Waals surface area contributed by atoms with Gasteiger partial charge in [-0.3, -0.25) is 10.1 Å². The first kappa shape index (κ1) is 15.2. The van der Waals surface area contributed by atoms with Gasteiger partial charge in [0.05, 0.1) is 12.5 Å². The summed E-state index contributed by atoms with van der Waals surface area (Å²) >= 11 is 1.68. The van der Waals surface area contributed by atoms with Crippen molar-refractivity contribution in [2.75, 3.05) is 12.9 Å². The van der Waals surface area contributed by atoms with E-state index in [1.807, 2.05) is 18.2 Å². The first-order valence-corrected chi connectivity index (χ1v) is 8.32. The number of hydrogen-bond acceptors (Lipinski definition) is 4. The molecule has 3 atom stereocenters. The number of benzene rings is 2. The Labute approximate surface area is 133 Å². The minimum atomic E-state index is -0.773. The van der Waals surface area contributed by atoms with Gasteiger partial charge >= 0.3 is 5.97 Å². The summed E-state index contributed by atoms with van der Waals surface area (Å²) in [5.74, 6) is 0.913. The van der Waals surface area contributed by atoms with Crippen LogP contribution < -0.4 is 10.1 Å². The van der Waals surface area contributed by atoms with Crippen LogP contribution in [0.15, 0.2) is 36.4 Å². The van der Waals surface area contributed by atoms with Crippen LogP contribution in [0.25, 0.3) is 10.8 Å². The number of aliphatic carboxylic acids is 1. The van der Waals surface area contributed by atoms with Crippen LogP contribution in [0, 0.1) is 0 Å². The van der Waals surface area contributed by atoms with Gasteiger partial charge in [-0.1, -0.05) is 31.2 Å². The zero-order valence-electron chi connectivity index (χ0n) is 12.6. The minimum Gasteiger partial charge on any atom is -0.497 e. The second-order valence-corrected chi connectivity index (χ2v) is 6.71. The highest BCUT2D eigenvalue weighted by atomic mass is 32.2. The molecule has 22 heavy (non-hydrogen) atoms. The predicted molar refractivity (Wildman–Crippen MR) is 89.7 cm³/mol. The SMILES string of the molecule is COc1ccc2c([C@H](C)[C@@H]3NC(C(=O)O)CS3)cccc2c1. The molecule has 3 rings (SSSR count). The summed E-state index contributed by atoms with van der Waals surface area (Å²) < 4.78 is 5.28. The van der Waals surface area contributed by atoms with Crippen LogP contribution in [-0.2, 0) is 4.79 Å². The number of ether oxygens (including phenoxy) is 1. The molecule has 1 aliphatic rings. The Morgan fingerprint density at radius 3 is 2.91 bits per heavy atom. The van der Waals surface area contributed by atoms with Crippen LogP contribution in [0.4, 0.5) is 0 Å². The predicted octanol–water partition coefficient (Wildman–Crippen LogP) is 3.07. The molecule has 2 aromatic carbocycles. The monoisotopic (exact) mass is 317 g/mol. The number of carboxylic acids is 1. The van der Waals surface area contributed by atoms with Crippen molar-refractivity contribution in [2.24, 2.45) is 0 Å². The van der Waals surface area contributed by atoms with Gasteiger partial charge in [0.15, 0.2) is 0 Å². The van der Waals surface area contributed by atoms with Gasteiger partial charge < -0.3 is 9.84 Å². The molecule has 0 amide bonds. The third-order valence-corrected chi connectivity index (χ3v) is 5.60. The van der Waals surface area contributed by atoms with Gasteiger partial charge in [-0.25, -0.2) is 0 Å². The maximum atomic E-state index is 11.1. The number of methoxy groups -OCH3 is 1. The highest BCUT2D eigenvalue weighted by molar-refractivity contribution is 8.00. The fourth-order valence-electron chi connectivity index (χ4n) is 2.90. The van der Waals surface area contributed by atoms with E-state index in [2.05, 4.69) is 30.4 Å². The Morgan fingerprint density at radius 1 is 1.41 bits per heavy atom. The maximum Gasteiger partial charge on any atom is 0.321 e. The smallest absolute Gasteiger partial charge is 0.321 e. The van der Waals surface area contributed by atoms with Crippen molar-refractivity contribution in [3.63, 3.8) is 0 Å². The maximum absolute atomic E-state index is 11.1. The number of hydrogen-bond donors (Lipinski definition) is 2. The molecule has 1 heterocycles. The fraction of sp³-hybridized carbons (Fsp3) is 0.353. The molecule has 1 unspecified atom stereocenters. The molecule has 1 aliphatic heterocycles. The molecule has 2 N–H and O–H groups in total. The Morgan fingerprint density at radius 2 is 2.23 bits per heavy atom. The summed E-state index contributed by atoms with van der Waals surface area (Å²) in [7, 11) is 1.67. The normalized spacial score (nSPS) is 22.6. The van der Waals surface area contributed by atoms with Crippen molar-refractivity contribution in [1.82, 2.24) is 5.32 Å². The molecule has 0 bridgehead atoms. The highest BCUT2D eigenvalue weighted by Gasteiger charge is 2.33. The molecule has 0 spiro atoms. The number of fused-ring (bicyclic) bond motifs is 1. The van der Waals surface area contributed by atoms with Crippen molar-refractivity contribution in [3.05, 3.63) is 42.0 Å². The largest absolute Gasteiger partial charge is 0.497 e.